The van der Waals surface area contributed by atoms with Crippen LogP contribution < -0.4 is 0 Å². The maximum Gasteiger partial charge on any atom is 0.0680 e. The molecule has 120 valence electrons. The zero-order chi connectivity index (χ0) is 15.0. The van der Waals surface area contributed by atoms with Gasteiger partial charge in [0.25, 0.3) is 0 Å². The van der Waals surface area contributed by atoms with E-state index in [4.69, 9.17) is 0 Å². The average molecular weight is 299 g/mol. The van der Waals surface area contributed by atoms with Crippen molar-refractivity contribution in [2.24, 2.45) is 5.92 Å². The van der Waals surface area contributed by atoms with Crippen molar-refractivity contribution in [3.8, 4) is 0 Å². The molecule has 2 saturated heterocycles. The van der Waals surface area contributed by atoms with E-state index < -0.39 is 0 Å². The summed E-state index contributed by atoms with van der Waals surface area (Å²) < 4.78 is 0. The predicted molar refractivity (Wildman–Crippen MR) is 89.6 cm³/mol. The lowest BCUT2D eigenvalue weighted by Crippen LogP contribution is -2.58. The van der Waals surface area contributed by atoms with Crippen LogP contribution >= 0.6 is 0 Å². The fourth-order valence-electron chi connectivity index (χ4n) is 5.07. The first-order valence-electron chi connectivity index (χ1n) is 9.24. The topological polar surface area (TPSA) is 23.5 Å². The predicted octanol–water partition coefficient (Wildman–Crippen LogP) is 4.12. The summed E-state index contributed by atoms with van der Waals surface area (Å²) in [5.41, 5.74) is 1.05. The number of nitrogens with zero attached hydrogens (tertiary/aromatic N) is 1. The van der Waals surface area contributed by atoms with Gasteiger partial charge in [0, 0.05) is 18.6 Å². The second kappa shape index (κ2) is 5.98. The van der Waals surface area contributed by atoms with E-state index in [1.807, 2.05) is 0 Å². The fourth-order valence-corrected chi connectivity index (χ4v) is 5.07. The van der Waals surface area contributed by atoms with Gasteiger partial charge >= 0.3 is 0 Å². The standard InChI is InChI=1S/C20H29NO/c22-20(12-16-8-4-9-16)13-18-10-5-11-19(14-20)21(18)15-17-6-2-1-3-7-17/h1-3,6-7,16,18-19,22H,4-5,8-15H2. The van der Waals surface area contributed by atoms with Gasteiger partial charge in [0.15, 0.2) is 0 Å². The summed E-state index contributed by atoms with van der Waals surface area (Å²) in [6.07, 6.45) is 11.1. The van der Waals surface area contributed by atoms with Gasteiger partial charge in [0.1, 0.15) is 0 Å². The third kappa shape index (κ3) is 2.96. The summed E-state index contributed by atoms with van der Waals surface area (Å²) in [5, 5.41) is 11.2. The minimum absolute atomic E-state index is 0.367. The largest absolute Gasteiger partial charge is 0.390 e. The van der Waals surface area contributed by atoms with Crippen molar-refractivity contribution in [3.63, 3.8) is 0 Å². The molecule has 2 heteroatoms. The Morgan fingerprint density at radius 1 is 0.955 bits per heavy atom. The van der Waals surface area contributed by atoms with Gasteiger partial charge in [-0.25, -0.2) is 0 Å². The van der Waals surface area contributed by atoms with Crippen molar-refractivity contribution in [2.45, 2.75) is 82.0 Å². The Balaban J connectivity index is 1.46. The lowest BCUT2D eigenvalue weighted by Gasteiger charge is -2.53. The van der Waals surface area contributed by atoms with Crippen LogP contribution in [-0.2, 0) is 6.54 Å². The van der Waals surface area contributed by atoms with E-state index in [1.165, 1.54) is 44.1 Å². The van der Waals surface area contributed by atoms with Gasteiger partial charge in [-0.15, -0.1) is 0 Å². The molecule has 0 radical (unpaired) electrons. The summed E-state index contributed by atoms with van der Waals surface area (Å²) in [4.78, 5) is 2.70. The zero-order valence-corrected chi connectivity index (χ0v) is 13.6. The van der Waals surface area contributed by atoms with Gasteiger partial charge in [0.05, 0.1) is 5.60 Å². The minimum Gasteiger partial charge on any atom is -0.390 e. The lowest BCUT2D eigenvalue weighted by atomic mass is 9.68. The Bertz CT molecular complexity index is 482. The number of hydrogen-bond acceptors (Lipinski definition) is 2. The Morgan fingerprint density at radius 3 is 2.18 bits per heavy atom. The minimum atomic E-state index is -0.367. The number of hydrogen-bond donors (Lipinski definition) is 1. The average Bonchev–Trinajstić information content (AvgIpc) is 2.46. The van der Waals surface area contributed by atoms with Crippen LogP contribution in [-0.4, -0.2) is 27.7 Å². The van der Waals surface area contributed by atoms with E-state index >= 15 is 0 Å². The quantitative estimate of drug-likeness (QED) is 0.904. The summed E-state index contributed by atoms with van der Waals surface area (Å²) in [6.45, 7) is 1.07. The second-order valence-corrected chi connectivity index (χ2v) is 8.03. The van der Waals surface area contributed by atoms with Crippen LogP contribution in [0.15, 0.2) is 30.3 Å². The number of piperidine rings is 2. The molecule has 2 aliphatic heterocycles. The SMILES string of the molecule is OC1(CC2CCC2)CC2CCCC(C1)N2Cc1ccccc1. The Hall–Kier alpha value is -0.860. The number of rotatable bonds is 4. The van der Waals surface area contributed by atoms with Crippen molar-refractivity contribution in [3.05, 3.63) is 35.9 Å². The van der Waals surface area contributed by atoms with Crippen LogP contribution in [0.5, 0.6) is 0 Å². The van der Waals surface area contributed by atoms with E-state index in [1.54, 1.807) is 0 Å². The van der Waals surface area contributed by atoms with Crippen LogP contribution in [0.25, 0.3) is 0 Å². The van der Waals surface area contributed by atoms with Gasteiger partial charge in [0.2, 0.25) is 0 Å². The highest BCUT2D eigenvalue weighted by Gasteiger charge is 2.46. The van der Waals surface area contributed by atoms with Crippen LogP contribution in [0.1, 0.15) is 63.4 Å². The Kier molecular flexibility index (Phi) is 4.00. The Labute approximate surface area is 134 Å². The monoisotopic (exact) mass is 299 g/mol. The second-order valence-electron chi connectivity index (χ2n) is 8.03. The molecule has 0 amide bonds. The highest BCUT2D eigenvalue weighted by atomic mass is 16.3. The first-order valence-corrected chi connectivity index (χ1v) is 9.24. The van der Waals surface area contributed by atoms with Crippen molar-refractivity contribution < 1.29 is 5.11 Å². The number of fused-ring (bicyclic) bond motifs is 2. The summed E-state index contributed by atoms with van der Waals surface area (Å²) in [6, 6.07) is 12.0. The van der Waals surface area contributed by atoms with E-state index in [0.29, 0.717) is 12.1 Å². The van der Waals surface area contributed by atoms with Crippen molar-refractivity contribution in [1.29, 1.82) is 0 Å². The molecule has 3 aliphatic rings. The smallest absolute Gasteiger partial charge is 0.0680 e. The molecule has 2 nitrogen and oxygen atoms in total. The molecule has 2 bridgehead atoms. The van der Waals surface area contributed by atoms with Crippen LogP contribution in [0.2, 0.25) is 0 Å². The number of benzene rings is 1. The van der Waals surface area contributed by atoms with Crippen molar-refractivity contribution >= 4 is 0 Å². The summed E-state index contributed by atoms with van der Waals surface area (Å²) in [5.74, 6) is 0.811. The van der Waals surface area contributed by atoms with Crippen molar-refractivity contribution in [1.82, 2.24) is 4.90 Å². The molecule has 1 saturated carbocycles. The molecule has 1 N–H and O–H groups in total. The molecule has 4 rings (SSSR count). The summed E-state index contributed by atoms with van der Waals surface area (Å²) >= 11 is 0. The third-order valence-corrected chi connectivity index (χ3v) is 6.35. The highest BCUT2D eigenvalue weighted by molar-refractivity contribution is 5.15. The molecule has 3 fully saturated rings. The first-order chi connectivity index (χ1) is 10.7. The van der Waals surface area contributed by atoms with Gasteiger partial charge in [-0.1, -0.05) is 56.0 Å². The van der Waals surface area contributed by atoms with Crippen molar-refractivity contribution in [2.75, 3.05) is 0 Å². The fraction of sp³-hybridized carbons (Fsp3) is 0.700. The zero-order valence-electron chi connectivity index (χ0n) is 13.6. The molecule has 1 aromatic rings. The highest BCUT2D eigenvalue weighted by Crippen LogP contribution is 2.45. The first kappa shape index (κ1) is 14.7. The van der Waals surface area contributed by atoms with E-state index in [9.17, 15) is 5.11 Å². The van der Waals surface area contributed by atoms with Crippen LogP contribution in [0.4, 0.5) is 0 Å². The molecule has 2 unspecified atom stereocenters. The maximum absolute atomic E-state index is 11.2. The molecular weight excluding hydrogens is 270 g/mol. The van der Waals surface area contributed by atoms with Gasteiger partial charge in [-0.05, 0) is 43.6 Å². The molecule has 0 aromatic heterocycles. The Morgan fingerprint density at radius 2 is 1.59 bits per heavy atom. The van der Waals surface area contributed by atoms with Gasteiger partial charge in [-0.2, -0.15) is 0 Å². The molecule has 22 heavy (non-hydrogen) atoms. The maximum atomic E-state index is 11.2. The van der Waals surface area contributed by atoms with E-state index in [-0.39, 0.29) is 5.60 Å². The summed E-state index contributed by atoms with van der Waals surface area (Å²) in [7, 11) is 0. The third-order valence-electron chi connectivity index (χ3n) is 6.35. The van der Waals surface area contributed by atoms with Gasteiger partial charge < -0.3 is 5.11 Å². The van der Waals surface area contributed by atoms with E-state index in [2.05, 4.69) is 35.2 Å². The molecule has 2 heterocycles. The molecule has 1 aromatic carbocycles. The molecule has 1 aliphatic carbocycles. The number of aliphatic hydroxyl groups is 1. The van der Waals surface area contributed by atoms with Gasteiger partial charge in [-0.3, -0.25) is 4.90 Å². The normalized spacial score (nSPS) is 36.0. The lowest BCUT2D eigenvalue weighted by molar-refractivity contribution is -0.110. The molecule has 0 spiro atoms. The van der Waals surface area contributed by atoms with Crippen LogP contribution in [0, 0.1) is 5.92 Å². The molecular formula is C20H29NO. The van der Waals surface area contributed by atoms with E-state index in [0.717, 1.165) is 31.7 Å². The molecule has 2 atom stereocenters. The van der Waals surface area contributed by atoms with Crippen LogP contribution in [0.3, 0.4) is 0 Å².